The van der Waals surface area contributed by atoms with Gasteiger partial charge in [-0.15, -0.1) is 0 Å². The lowest BCUT2D eigenvalue weighted by molar-refractivity contribution is -0.138. The van der Waals surface area contributed by atoms with Crippen molar-refractivity contribution in [1.29, 1.82) is 0 Å². The van der Waals surface area contributed by atoms with Crippen molar-refractivity contribution < 1.29 is 9.90 Å². The van der Waals surface area contributed by atoms with E-state index in [1.54, 1.807) is 6.20 Å². The number of nitrogens with zero attached hydrogens (tertiary/aromatic N) is 4. The molecule has 0 aliphatic carbocycles. The van der Waals surface area contributed by atoms with Crippen LogP contribution in [-0.2, 0) is 4.79 Å². The lowest BCUT2D eigenvalue weighted by Gasteiger charge is -2.23. The minimum Gasteiger partial charge on any atom is -0.480 e. The van der Waals surface area contributed by atoms with E-state index in [1.165, 1.54) is 0 Å². The van der Waals surface area contributed by atoms with Crippen LogP contribution in [0.25, 0.3) is 11.5 Å². The second-order valence-electron chi connectivity index (χ2n) is 5.10. The molecular formula is C15H16N4O2. The van der Waals surface area contributed by atoms with Gasteiger partial charge in [-0.2, -0.15) is 0 Å². The normalized spacial score (nSPS) is 18.0. The summed E-state index contributed by atoms with van der Waals surface area (Å²) in [6, 6.07) is 6.88. The highest BCUT2D eigenvalue weighted by molar-refractivity contribution is 5.78. The first-order valence-electron chi connectivity index (χ1n) is 6.91. The number of carbonyl (C=O) groups is 1. The number of aryl methyl sites for hydroxylation is 1. The third kappa shape index (κ3) is 2.69. The SMILES string of the molecule is Cc1cc(N2CCC[C@@H]2C(=O)O)nc(-c2ccccn2)n1. The van der Waals surface area contributed by atoms with Crippen LogP contribution in [0.2, 0.25) is 0 Å². The first-order valence-corrected chi connectivity index (χ1v) is 6.91. The van der Waals surface area contributed by atoms with Gasteiger partial charge < -0.3 is 10.0 Å². The largest absolute Gasteiger partial charge is 0.480 e. The van der Waals surface area contributed by atoms with Gasteiger partial charge in [-0.3, -0.25) is 4.98 Å². The van der Waals surface area contributed by atoms with Crippen molar-refractivity contribution in [1.82, 2.24) is 15.0 Å². The van der Waals surface area contributed by atoms with E-state index in [1.807, 2.05) is 36.1 Å². The van der Waals surface area contributed by atoms with Crippen molar-refractivity contribution in [3.63, 3.8) is 0 Å². The Labute approximate surface area is 122 Å². The highest BCUT2D eigenvalue weighted by Gasteiger charge is 2.31. The Morgan fingerprint density at radius 1 is 1.38 bits per heavy atom. The van der Waals surface area contributed by atoms with E-state index in [0.29, 0.717) is 30.3 Å². The molecule has 2 aromatic heterocycles. The predicted molar refractivity (Wildman–Crippen MR) is 78.0 cm³/mol. The van der Waals surface area contributed by atoms with Gasteiger partial charge in [0.05, 0.1) is 0 Å². The molecule has 6 heteroatoms. The average Bonchev–Trinajstić information content (AvgIpc) is 2.97. The number of carboxylic acid groups (broad SMARTS) is 1. The van der Waals surface area contributed by atoms with Gasteiger partial charge in [0.1, 0.15) is 17.6 Å². The van der Waals surface area contributed by atoms with Gasteiger partial charge in [-0.1, -0.05) is 6.07 Å². The zero-order chi connectivity index (χ0) is 14.8. The summed E-state index contributed by atoms with van der Waals surface area (Å²) in [5.74, 6) is 0.387. The molecule has 108 valence electrons. The molecule has 0 unspecified atom stereocenters. The summed E-state index contributed by atoms with van der Waals surface area (Å²) in [5, 5.41) is 9.30. The molecule has 3 rings (SSSR count). The molecule has 1 saturated heterocycles. The Morgan fingerprint density at radius 2 is 2.24 bits per heavy atom. The van der Waals surface area contributed by atoms with Gasteiger partial charge in [-0.25, -0.2) is 14.8 Å². The van der Waals surface area contributed by atoms with Crippen molar-refractivity contribution in [2.45, 2.75) is 25.8 Å². The molecule has 0 saturated carbocycles. The molecule has 1 N–H and O–H groups in total. The van der Waals surface area contributed by atoms with Gasteiger partial charge in [0.25, 0.3) is 0 Å². The molecule has 2 aromatic rings. The standard InChI is InChI=1S/C15H16N4O2/c1-10-9-13(19-8-4-6-12(19)15(20)21)18-14(17-10)11-5-2-3-7-16-11/h2-3,5,7,9,12H,4,6,8H2,1H3,(H,20,21)/t12-/m1/s1. The Hall–Kier alpha value is -2.50. The minimum absolute atomic E-state index is 0.504. The monoisotopic (exact) mass is 284 g/mol. The Bertz CT molecular complexity index is 660. The van der Waals surface area contributed by atoms with Crippen molar-refractivity contribution in [3.05, 3.63) is 36.2 Å². The molecule has 0 amide bonds. The number of rotatable bonds is 3. The summed E-state index contributed by atoms with van der Waals surface area (Å²) in [5.41, 5.74) is 1.49. The third-order valence-corrected chi connectivity index (χ3v) is 3.57. The van der Waals surface area contributed by atoms with E-state index in [0.717, 1.165) is 12.1 Å². The van der Waals surface area contributed by atoms with E-state index in [9.17, 15) is 9.90 Å². The summed E-state index contributed by atoms with van der Waals surface area (Å²) in [7, 11) is 0. The maximum atomic E-state index is 11.3. The molecule has 0 aromatic carbocycles. The van der Waals surface area contributed by atoms with E-state index in [2.05, 4.69) is 15.0 Å². The zero-order valence-corrected chi connectivity index (χ0v) is 11.7. The third-order valence-electron chi connectivity index (χ3n) is 3.57. The zero-order valence-electron chi connectivity index (χ0n) is 11.7. The summed E-state index contributed by atoms with van der Waals surface area (Å²) >= 11 is 0. The van der Waals surface area contributed by atoms with Crippen LogP contribution in [0.15, 0.2) is 30.5 Å². The molecule has 0 radical (unpaired) electrons. The smallest absolute Gasteiger partial charge is 0.326 e. The van der Waals surface area contributed by atoms with Gasteiger partial charge in [-0.05, 0) is 31.9 Å². The quantitative estimate of drug-likeness (QED) is 0.927. The van der Waals surface area contributed by atoms with Crippen LogP contribution in [0, 0.1) is 6.92 Å². The first-order chi connectivity index (χ1) is 10.1. The van der Waals surface area contributed by atoms with Crippen molar-refractivity contribution in [2.75, 3.05) is 11.4 Å². The summed E-state index contributed by atoms with van der Waals surface area (Å²) < 4.78 is 0. The molecule has 1 aliphatic rings. The van der Waals surface area contributed by atoms with Crippen LogP contribution >= 0.6 is 0 Å². The second kappa shape index (κ2) is 5.47. The fraction of sp³-hybridized carbons (Fsp3) is 0.333. The van der Waals surface area contributed by atoms with Crippen molar-refractivity contribution in [3.8, 4) is 11.5 Å². The van der Waals surface area contributed by atoms with Crippen LogP contribution in [0.3, 0.4) is 0 Å². The van der Waals surface area contributed by atoms with Crippen molar-refractivity contribution >= 4 is 11.8 Å². The molecular weight excluding hydrogens is 268 g/mol. The number of anilines is 1. The highest BCUT2D eigenvalue weighted by atomic mass is 16.4. The second-order valence-corrected chi connectivity index (χ2v) is 5.10. The van der Waals surface area contributed by atoms with Gasteiger partial charge in [0.2, 0.25) is 0 Å². The molecule has 3 heterocycles. The number of carboxylic acids is 1. The van der Waals surface area contributed by atoms with Crippen LogP contribution in [0.1, 0.15) is 18.5 Å². The Morgan fingerprint density at radius 3 is 2.95 bits per heavy atom. The molecule has 21 heavy (non-hydrogen) atoms. The Balaban J connectivity index is 2.00. The van der Waals surface area contributed by atoms with Gasteiger partial charge >= 0.3 is 5.97 Å². The van der Waals surface area contributed by atoms with Gasteiger partial charge in [0, 0.05) is 24.5 Å². The molecule has 0 spiro atoms. The minimum atomic E-state index is -0.803. The van der Waals surface area contributed by atoms with Crippen LogP contribution < -0.4 is 4.90 Å². The van der Waals surface area contributed by atoms with E-state index < -0.39 is 12.0 Å². The van der Waals surface area contributed by atoms with E-state index in [-0.39, 0.29) is 0 Å². The van der Waals surface area contributed by atoms with Crippen LogP contribution in [0.4, 0.5) is 5.82 Å². The molecule has 1 fully saturated rings. The number of hydrogen-bond donors (Lipinski definition) is 1. The maximum absolute atomic E-state index is 11.3. The Kier molecular flexibility index (Phi) is 3.51. The van der Waals surface area contributed by atoms with Crippen LogP contribution in [-0.4, -0.2) is 38.6 Å². The average molecular weight is 284 g/mol. The molecule has 1 aliphatic heterocycles. The van der Waals surface area contributed by atoms with Crippen molar-refractivity contribution in [2.24, 2.45) is 0 Å². The number of hydrogen-bond acceptors (Lipinski definition) is 5. The fourth-order valence-corrected chi connectivity index (χ4v) is 2.61. The highest BCUT2D eigenvalue weighted by Crippen LogP contribution is 2.26. The number of aliphatic carboxylic acids is 1. The predicted octanol–water partition coefficient (Wildman–Crippen LogP) is 1.90. The lowest BCUT2D eigenvalue weighted by Crippen LogP contribution is -2.36. The fourth-order valence-electron chi connectivity index (χ4n) is 2.61. The summed E-state index contributed by atoms with van der Waals surface area (Å²) in [6.07, 6.45) is 3.20. The molecule has 6 nitrogen and oxygen atoms in total. The summed E-state index contributed by atoms with van der Waals surface area (Å²) in [6.45, 7) is 2.58. The molecule has 0 bridgehead atoms. The van der Waals surface area contributed by atoms with Gasteiger partial charge in [0.15, 0.2) is 5.82 Å². The van der Waals surface area contributed by atoms with E-state index >= 15 is 0 Å². The topological polar surface area (TPSA) is 79.2 Å². The van der Waals surface area contributed by atoms with Crippen LogP contribution in [0.5, 0.6) is 0 Å². The maximum Gasteiger partial charge on any atom is 0.326 e. The number of pyridine rings is 1. The first kappa shape index (κ1) is 13.5. The number of aromatic nitrogens is 3. The van der Waals surface area contributed by atoms with E-state index in [4.69, 9.17) is 0 Å². The summed E-state index contributed by atoms with van der Waals surface area (Å²) in [4.78, 5) is 26.3. The lowest BCUT2D eigenvalue weighted by atomic mass is 10.2. The molecule has 1 atom stereocenters.